The molecule has 0 radical (unpaired) electrons. The number of thioether (sulfide) groups is 1. The van der Waals surface area contributed by atoms with Crippen LogP contribution in [0.2, 0.25) is 5.02 Å². The van der Waals surface area contributed by atoms with E-state index in [1.54, 1.807) is 11.8 Å². The standard InChI is InChI=1S/C16H17ClO2S/c1-12-4-2-3-5-16(12)19-10-14(18)11-20-15-8-6-13(17)7-9-15/h2-9,14,18H,10-11H2,1H3. The van der Waals surface area contributed by atoms with E-state index in [2.05, 4.69) is 0 Å². The van der Waals surface area contributed by atoms with Crippen LogP contribution in [0.1, 0.15) is 5.56 Å². The summed E-state index contributed by atoms with van der Waals surface area (Å²) < 4.78 is 5.62. The molecule has 0 aliphatic rings. The van der Waals surface area contributed by atoms with Gasteiger partial charge in [0, 0.05) is 15.7 Å². The highest BCUT2D eigenvalue weighted by molar-refractivity contribution is 7.99. The average Bonchev–Trinajstić information content (AvgIpc) is 2.46. The fourth-order valence-electron chi connectivity index (χ4n) is 1.68. The molecule has 4 heteroatoms. The molecule has 0 heterocycles. The number of hydrogen-bond donors (Lipinski definition) is 1. The van der Waals surface area contributed by atoms with Gasteiger partial charge in [0.05, 0.1) is 6.10 Å². The molecule has 0 amide bonds. The molecule has 2 aromatic rings. The van der Waals surface area contributed by atoms with Crippen LogP contribution in [0.25, 0.3) is 0 Å². The first-order valence-electron chi connectivity index (χ1n) is 6.40. The zero-order valence-corrected chi connectivity index (χ0v) is 12.8. The van der Waals surface area contributed by atoms with Gasteiger partial charge >= 0.3 is 0 Å². The molecule has 1 atom stereocenters. The highest BCUT2D eigenvalue weighted by Crippen LogP contribution is 2.22. The second-order valence-corrected chi connectivity index (χ2v) is 6.03. The van der Waals surface area contributed by atoms with Gasteiger partial charge in [-0.25, -0.2) is 0 Å². The van der Waals surface area contributed by atoms with Gasteiger partial charge in [-0.15, -0.1) is 11.8 Å². The first-order valence-corrected chi connectivity index (χ1v) is 7.76. The normalized spacial score (nSPS) is 12.2. The second-order valence-electron chi connectivity index (χ2n) is 4.50. The van der Waals surface area contributed by atoms with Gasteiger partial charge in [0.2, 0.25) is 0 Å². The summed E-state index contributed by atoms with van der Waals surface area (Å²) in [4.78, 5) is 1.09. The van der Waals surface area contributed by atoms with E-state index in [4.69, 9.17) is 16.3 Å². The lowest BCUT2D eigenvalue weighted by atomic mass is 10.2. The van der Waals surface area contributed by atoms with Gasteiger partial charge in [0.25, 0.3) is 0 Å². The Bertz CT molecular complexity index is 542. The Balaban J connectivity index is 1.77. The van der Waals surface area contributed by atoms with E-state index in [1.165, 1.54) is 0 Å². The van der Waals surface area contributed by atoms with Crippen LogP contribution in [0.15, 0.2) is 53.4 Å². The van der Waals surface area contributed by atoms with Gasteiger partial charge < -0.3 is 9.84 Å². The molecule has 2 rings (SSSR count). The molecule has 1 unspecified atom stereocenters. The quantitative estimate of drug-likeness (QED) is 0.812. The molecule has 2 aromatic carbocycles. The Kier molecular flexibility index (Phi) is 5.77. The minimum Gasteiger partial charge on any atom is -0.491 e. The van der Waals surface area contributed by atoms with Gasteiger partial charge in [0.1, 0.15) is 12.4 Å². The third kappa shape index (κ3) is 4.75. The topological polar surface area (TPSA) is 29.5 Å². The predicted molar refractivity (Wildman–Crippen MR) is 84.9 cm³/mol. The molecule has 0 aliphatic carbocycles. The Morgan fingerprint density at radius 3 is 2.55 bits per heavy atom. The zero-order valence-electron chi connectivity index (χ0n) is 11.3. The van der Waals surface area contributed by atoms with Crippen LogP contribution in [0, 0.1) is 6.92 Å². The molecule has 106 valence electrons. The van der Waals surface area contributed by atoms with E-state index in [0.717, 1.165) is 21.2 Å². The molecule has 1 N–H and O–H groups in total. The van der Waals surface area contributed by atoms with Crippen molar-refractivity contribution in [3.63, 3.8) is 0 Å². The third-order valence-electron chi connectivity index (χ3n) is 2.78. The largest absolute Gasteiger partial charge is 0.491 e. The van der Waals surface area contributed by atoms with Crippen molar-refractivity contribution in [3.8, 4) is 5.75 Å². The molecule has 0 fully saturated rings. The molecule has 20 heavy (non-hydrogen) atoms. The number of para-hydroxylation sites is 1. The van der Waals surface area contributed by atoms with Gasteiger partial charge in [0.15, 0.2) is 0 Å². The van der Waals surface area contributed by atoms with E-state index >= 15 is 0 Å². The molecule has 0 spiro atoms. The SMILES string of the molecule is Cc1ccccc1OCC(O)CSc1ccc(Cl)cc1. The number of aliphatic hydroxyl groups excluding tert-OH is 1. The van der Waals surface area contributed by atoms with Crippen molar-refractivity contribution in [1.29, 1.82) is 0 Å². The van der Waals surface area contributed by atoms with Crippen LogP contribution < -0.4 is 4.74 Å². The van der Waals surface area contributed by atoms with Gasteiger partial charge in [-0.2, -0.15) is 0 Å². The molecule has 0 bridgehead atoms. The number of halogens is 1. The summed E-state index contributed by atoms with van der Waals surface area (Å²) in [5.74, 6) is 1.41. The van der Waals surface area contributed by atoms with Crippen LogP contribution in [0.3, 0.4) is 0 Å². The average molecular weight is 309 g/mol. The molecule has 0 saturated carbocycles. The number of aliphatic hydroxyl groups is 1. The summed E-state index contributed by atoms with van der Waals surface area (Å²) in [6.07, 6.45) is -0.504. The van der Waals surface area contributed by atoms with Crippen molar-refractivity contribution in [3.05, 3.63) is 59.1 Å². The molecule has 2 nitrogen and oxygen atoms in total. The fourth-order valence-corrected chi connectivity index (χ4v) is 2.61. The zero-order chi connectivity index (χ0) is 14.4. The maximum atomic E-state index is 9.95. The predicted octanol–water partition coefficient (Wildman–Crippen LogP) is 4.18. The number of aryl methyl sites for hydroxylation is 1. The Hall–Kier alpha value is -1.16. The third-order valence-corrected chi connectivity index (χ3v) is 4.19. The summed E-state index contributed by atoms with van der Waals surface area (Å²) in [5, 5.41) is 10.7. The molecule has 0 saturated heterocycles. The van der Waals surface area contributed by atoms with Crippen molar-refractivity contribution in [2.24, 2.45) is 0 Å². The van der Waals surface area contributed by atoms with E-state index in [-0.39, 0.29) is 0 Å². The summed E-state index contributed by atoms with van der Waals surface area (Å²) in [6, 6.07) is 15.4. The van der Waals surface area contributed by atoms with Crippen LogP contribution in [-0.4, -0.2) is 23.6 Å². The lowest BCUT2D eigenvalue weighted by Gasteiger charge is -2.13. The fraction of sp³-hybridized carbons (Fsp3) is 0.250. The highest BCUT2D eigenvalue weighted by Gasteiger charge is 2.07. The Morgan fingerprint density at radius 2 is 1.85 bits per heavy atom. The lowest BCUT2D eigenvalue weighted by Crippen LogP contribution is -2.20. The summed E-state index contributed by atoms with van der Waals surface area (Å²) >= 11 is 7.42. The first-order chi connectivity index (χ1) is 9.65. The number of hydrogen-bond acceptors (Lipinski definition) is 3. The number of ether oxygens (including phenoxy) is 1. The van der Waals surface area contributed by atoms with E-state index < -0.39 is 6.10 Å². The summed E-state index contributed by atoms with van der Waals surface area (Å²) in [7, 11) is 0. The first kappa shape index (κ1) is 15.2. The van der Waals surface area contributed by atoms with Crippen molar-refractivity contribution in [1.82, 2.24) is 0 Å². The monoisotopic (exact) mass is 308 g/mol. The summed E-state index contributed by atoms with van der Waals surface area (Å²) in [5.41, 5.74) is 1.07. The van der Waals surface area contributed by atoms with Crippen molar-refractivity contribution in [2.45, 2.75) is 17.9 Å². The van der Waals surface area contributed by atoms with E-state index in [9.17, 15) is 5.11 Å². The summed E-state index contributed by atoms with van der Waals surface area (Å²) in [6.45, 7) is 2.29. The van der Waals surface area contributed by atoms with Crippen LogP contribution in [0.5, 0.6) is 5.75 Å². The highest BCUT2D eigenvalue weighted by atomic mass is 35.5. The van der Waals surface area contributed by atoms with Gasteiger partial charge in [-0.05, 0) is 42.8 Å². The Morgan fingerprint density at radius 1 is 1.15 bits per heavy atom. The van der Waals surface area contributed by atoms with Crippen molar-refractivity contribution >= 4 is 23.4 Å². The number of rotatable bonds is 6. The minimum atomic E-state index is -0.504. The lowest BCUT2D eigenvalue weighted by molar-refractivity contribution is 0.126. The maximum absolute atomic E-state index is 9.95. The van der Waals surface area contributed by atoms with Crippen molar-refractivity contribution < 1.29 is 9.84 Å². The second kappa shape index (κ2) is 7.58. The van der Waals surface area contributed by atoms with Crippen LogP contribution >= 0.6 is 23.4 Å². The number of benzene rings is 2. The molecule has 0 aromatic heterocycles. The van der Waals surface area contributed by atoms with Crippen molar-refractivity contribution in [2.75, 3.05) is 12.4 Å². The van der Waals surface area contributed by atoms with Gasteiger partial charge in [-0.3, -0.25) is 0 Å². The minimum absolute atomic E-state index is 0.297. The Labute approximate surface area is 128 Å². The van der Waals surface area contributed by atoms with E-state index in [1.807, 2.05) is 55.5 Å². The molecular weight excluding hydrogens is 292 g/mol. The smallest absolute Gasteiger partial charge is 0.122 e. The van der Waals surface area contributed by atoms with E-state index in [0.29, 0.717) is 12.4 Å². The maximum Gasteiger partial charge on any atom is 0.122 e. The van der Waals surface area contributed by atoms with Crippen LogP contribution in [-0.2, 0) is 0 Å². The van der Waals surface area contributed by atoms with Crippen LogP contribution in [0.4, 0.5) is 0 Å². The molecule has 0 aliphatic heterocycles. The van der Waals surface area contributed by atoms with Gasteiger partial charge in [-0.1, -0.05) is 29.8 Å². The molecular formula is C16H17ClO2S.